The molecule has 0 aliphatic rings. The number of carbonyl (C=O) groups is 1. The van der Waals surface area contributed by atoms with Crippen molar-refractivity contribution in [1.29, 1.82) is 0 Å². The van der Waals surface area contributed by atoms with Gasteiger partial charge in [-0.3, -0.25) is 14.3 Å². The highest BCUT2D eigenvalue weighted by Crippen LogP contribution is 2.19. The molecule has 8 nitrogen and oxygen atoms in total. The highest BCUT2D eigenvalue weighted by molar-refractivity contribution is 6.30. The van der Waals surface area contributed by atoms with Gasteiger partial charge in [-0.1, -0.05) is 17.7 Å². The van der Waals surface area contributed by atoms with Gasteiger partial charge in [0.2, 0.25) is 0 Å². The van der Waals surface area contributed by atoms with Gasteiger partial charge in [0, 0.05) is 34.4 Å². The molecular formula is C22H20ClN5O3. The number of ether oxygens (including phenoxy) is 1. The van der Waals surface area contributed by atoms with Crippen molar-refractivity contribution in [2.24, 2.45) is 0 Å². The topological polar surface area (TPSA) is 90.5 Å². The average Bonchev–Trinajstić information content (AvgIpc) is 3.18. The number of hydrogen-bond donors (Lipinski definition) is 1. The van der Waals surface area contributed by atoms with E-state index in [0.717, 1.165) is 0 Å². The SMILES string of the molecule is CC(C)n1cnc2nc(COc3cccc(NC(=O)c4ccc(Cl)cc4)c3)cc(=O)n21. The fourth-order valence-electron chi connectivity index (χ4n) is 3.04. The van der Waals surface area contributed by atoms with Crippen LogP contribution in [0.4, 0.5) is 5.69 Å². The molecule has 0 spiro atoms. The molecule has 0 fully saturated rings. The van der Waals surface area contributed by atoms with Crippen molar-refractivity contribution in [3.05, 3.63) is 87.6 Å². The van der Waals surface area contributed by atoms with E-state index < -0.39 is 0 Å². The van der Waals surface area contributed by atoms with Crippen LogP contribution in [-0.2, 0) is 6.61 Å². The highest BCUT2D eigenvalue weighted by atomic mass is 35.5. The van der Waals surface area contributed by atoms with Crippen LogP contribution in [0.2, 0.25) is 5.02 Å². The maximum Gasteiger partial charge on any atom is 0.274 e. The largest absolute Gasteiger partial charge is 0.487 e. The van der Waals surface area contributed by atoms with Crippen LogP contribution < -0.4 is 15.6 Å². The molecule has 0 aliphatic carbocycles. The van der Waals surface area contributed by atoms with Gasteiger partial charge < -0.3 is 10.1 Å². The predicted molar refractivity (Wildman–Crippen MR) is 118 cm³/mol. The molecule has 158 valence electrons. The second-order valence-corrected chi connectivity index (χ2v) is 7.63. The Balaban J connectivity index is 1.46. The van der Waals surface area contributed by atoms with E-state index in [0.29, 0.717) is 33.5 Å². The molecule has 2 heterocycles. The third-order valence-corrected chi connectivity index (χ3v) is 4.82. The third-order valence-electron chi connectivity index (χ3n) is 4.57. The lowest BCUT2D eigenvalue weighted by molar-refractivity contribution is 0.102. The van der Waals surface area contributed by atoms with Crippen LogP contribution in [0.15, 0.2) is 65.7 Å². The van der Waals surface area contributed by atoms with E-state index in [4.69, 9.17) is 16.3 Å². The van der Waals surface area contributed by atoms with Crippen molar-refractivity contribution in [2.45, 2.75) is 26.5 Å². The van der Waals surface area contributed by atoms with E-state index in [9.17, 15) is 9.59 Å². The van der Waals surface area contributed by atoms with E-state index in [-0.39, 0.29) is 24.1 Å². The number of benzene rings is 2. The standard InChI is InChI=1S/C22H20ClN5O3/c1-14(2)27-13-24-22-26-18(11-20(29)28(22)27)12-31-19-5-3-4-17(10-19)25-21(30)15-6-8-16(23)9-7-15/h3-11,13-14H,12H2,1-2H3,(H,25,30). The summed E-state index contributed by atoms with van der Waals surface area (Å²) in [7, 11) is 0. The number of nitrogens with zero attached hydrogens (tertiary/aromatic N) is 4. The van der Waals surface area contributed by atoms with Crippen molar-refractivity contribution in [3.63, 3.8) is 0 Å². The Morgan fingerprint density at radius 2 is 1.94 bits per heavy atom. The van der Waals surface area contributed by atoms with Crippen molar-refractivity contribution in [3.8, 4) is 5.75 Å². The Morgan fingerprint density at radius 3 is 2.68 bits per heavy atom. The van der Waals surface area contributed by atoms with Gasteiger partial charge in [0.15, 0.2) is 0 Å². The Bertz CT molecular complexity index is 1290. The van der Waals surface area contributed by atoms with Gasteiger partial charge in [-0.25, -0.2) is 4.98 Å². The van der Waals surface area contributed by atoms with Gasteiger partial charge in [-0.2, -0.15) is 9.50 Å². The molecule has 4 aromatic rings. The first-order valence-corrected chi connectivity index (χ1v) is 10.0. The van der Waals surface area contributed by atoms with Crippen LogP contribution in [-0.4, -0.2) is 25.1 Å². The summed E-state index contributed by atoms with van der Waals surface area (Å²) in [6.45, 7) is 4.02. The number of rotatable bonds is 6. The number of fused-ring (bicyclic) bond motifs is 1. The molecule has 0 saturated carbocycles. The molecule has 0 aliphatic heterocycles. The maximum atomic E-state index is 12.5. The number of amides is 1. The normalized spacial score (nSPS) is 11.1. The van der Waals surface area contributed by atoms with Crippen LogP contribution in [0.1, 0.15) is 35.9 Å². The summed E-state index contributed by atoms with van der Waals surface area (Å²) in [5, 5.41) is 3.38. The second kappa shape index (κ2) is 8.61. The van der Waals surface area contributed by atoms with E-state index in [1.807, 2.05) is 13.8 Å². The van der Waals surface area contributed by atoms with Gasteiger partial charge in [-0.15, -0.1) is 0 Å². The quantitative estimate of drug-likeness (QED) is 0.493. The maximum absolute atomic E-state index is 12.5. The highest BCUT2D eigenvalue weighted by Gasteiger charge is 2.11. The first-order valence-electron chi connectivity index (χ1n) is 9.66. The Hall–Kier alpha value is -3.65. The lowest BCUT2D eigenvalue weighted by atomic mass is 10.2. The molecular weight excluding hydrogens is 418 g/mol. The number of carbonyl (C=O) groups excluding carboxylic acids is 1. The average molecular weight is 438 g/mol. The number of halogens is 1. The summed E-state index contributed by atoms with van der Waals surface area (Å²) in [4.78, 5) is 33.5. The van der Waals surface area contributed by atoms with Crippen LogP contribution in [0, 0.1) is 0 Å². The molecule has 31 heavy (non-hydrogen) atoms. The fourth-order valence-corrected chi connectivity index (χ4v) is 3.16. The predicted octanol–water partition coefficient (Wildman–Crippen LogP) is 3.96. The van der Waals surface area contributed by atoms with Crippen LogP contribution in [0.25, 0.3) is 5.78 Å². The van der Waals surface area contributed by atoms with Gasteiger partial charge >= 0.3 is 0 Å². The van der Waals surface area contributed by atoms with E-state index in [1.54, 1.807) is 59.5 Å². The summed E-state index contributed by atoms with van der Waals surface area (Å²) in [5.74, 6) is 0.599. The first-order chi connectivity index (χ1) is 14.9. The molecule has 1 amide bonds. The lowest BCUT2D eigenvalue weighted by Gasteiger charge is -2.10. The first kappa shape index (κ1) is 20.6. The molecule has 4 rings (SSSR count). The summed E-state index contributed by atoms with van der Waals surface area (Å²) in [6.07, 6.45) is 1.59. The van der Waals surface area contributed by atoms with Crippen molar-refractivity contribution in [1.82, 2.24) is 19.2 Å². The molecule has 2 aromatic heterocycles. The smallest absolute Gasteiger partial charge is 0.274 e. The number of nitrogens with one attached hydrogen (secondary N) is 1. The molecule has 0 saturated heterocycles. The fraction of sp³-hybridized carbons (Fsp3) is 0.182. The Labute approximate surface area is 183 Å². The minimum atomic E-state index is -0.255. The minimum Gasteiger partial charge on any atom is -0.487 e. The lowest BCUT2D eigenvalue weighted by Crippen LogP contribution is -2.23. The van der Waals surface area contributed by atoms with E-state index in [1.165, 1.54) is 10.6 Å². The molecule has 0 radical (unpaired) electrons. The molecule has 0 bridgehead atoms. The number of anilines is 1. The zero-order valence-electron chi connectivity index (χ0n) is 16.9. The minimum absolute atomic E-state index is 0.0809. The number of aromatic nitrogens is 4. The molecule has 9 heteroatoms. The van der Waals surface area contributed by atoms with Crippen LogP contribution in [0.5, 0.6) is 5.75 Å². The van der Waals surface area contributed by atoms with Crippen molar-refractivity contribution in [2.75, 3.05) is 5.32 Å². The molecule has 0 atom stereocenters. The molecule has 2 aromatic carbocycles. The second-order valence-electron chi connectivity index (χ2n) is 7.19. The van der Waals surface area contributed by atoms with Gasteiger partial charge in [0.1, 0.15) is 18.7 Å². The molecule has 0 unspecified atom stereocenters. The zero-order valence-corrected chi connectivity index (χ0v) is 17.7. The zero-order chi connectivity index (χ0) is 22.0. The summed E-state index contributed by atoms with van der Waals surface area (Å²) >= 11 is 5.86. The Morgan fingerprint density at radius 1 is 1.16 bits per heavy atom. The summed E-state index contributed by atoms with van der Waals surface area (Å²) in [6, 6.07) is 15.1. The van der Waals surface area contributed by atoms with E-state index >= 15 is 0 Å². The summed E-state index contributed by atoms with van der Waals surface area (Å²) in [5.41, 5.74) is 1.32. The van der Waals surface area contributed by atoms with Gasteiger partial charge in [-0.05, 0) is 50.2 Å². The van der Waals surface area contributed by atoms with Crippen molar-refractivity contribution >= 4 is 29.0 Å². The monoisotopic (exact) mass is 437 g/mol. The van der Waals surface area contributed by atoms with Crippen molar-refractivity contribution < 1.29 is 9.53 Å². The van der Waals surface area contributed by atoms with Crippen LogP contribution in [0.3, 0.4) is 0 Å². The summed E-state index contributed by atoms with van der Waals surface area (Å²) < 4.78 is 8.94. The third kappa shape index (κ3) is 4.59. The molecule has 1 N–H and O–H groups in total. The van der Waals surface area contributed by atoms with Gasteiger partial charge in [0.05, 0.1) is 5.69 Å². The van der Waals surface area contributed by atoms with Crippen LogP contribution >= 0.6 is 11.6 Å². The van der Waals surface area contributed by atoms with E-state index in [2.05, 4.69) is 15.3 Å². The van der Waals surface area contributed by atoms with Gasteiger partial charge in [0.25, 0.3) is 17.2 Å². The number of hydrogen-bond acceptors (Lipinski definition) is 5. The Kier molecular flexibility index (Phi) is 5.73.